The summed E-state index contributed by atoms with van der Waals surface area (Å²) in [6.45, 7) is 1.08. The van der Waals surface area contributed by atoms with Crippen molar-refractivity contribution >= 4 is 27.3 Å². The first-order chi connectivity index (χ1) is 8.23. The molecule has 3 heteroatoms. The van der Waals surface area contributed by atoms with Crippen LogP contribution in [0.25, 0.3) is 0 Å². The molecule has 1 aliphatic heterocycles. The van der Waals surface area contributed by atoms with Gasteiger partial charge < -0.3 is 10.2 Å². The molecule has 0 atom stereocenters. The third-order valence-electron chi connectivity index (χ3n) is 4.44. The van der Waals surface area contributed by atoms with Gasteiger partial charge in [0, 0.05) is 18.1 Å². The summed E-state index contributed by atoms with van der Waals surface area (Å²) in [7, 11) is 2.26. The number of nitrogens with one attached hydrogen (secondary N) is 1. The Morgan fingerprint density at radius 3 is 2.76 bits per heavy atom. The van der Waals surface area contributed by atoms with Gasteiger partial charge in [0.15, 0.2) is 0 Å². The van der Waals surface area contributed by atoms with E-state index in [-0.39, 0.29) is 0 Å². The molecule has 1 heterocycles. The predicted molar refractivity (Wildman–Crippen MR) is 76.9 cm³/mol. The maximum atomic E-state index is 3.63. The standard InChI is InChI=1S/C14H19BrN2/c1-17-12-7-5-6-11(15)13(12)16-10-14(17)8-3-2-4-9-14/h5-7,16H,2-4,8-10H2,1H3. The molecule has 3 rings (SSSR count). The number of likely N-dealkylation sites (N-methyl/N-ethyl adjacent to an activating group) is 1. The molecule has 1 saturated carbocycles. The normalized spacial score (nSPS) is 22.1. The Hall–Kier alpha value is -0.700. The van der Waals surface area contributed by atoms with Crippen molar-refractivity contribution in [1.29, 1.82) is 0 Å². The van der Waals surface area contributed by atoms with Crippen molar-refractivity contribution in [2.75, 3.05) is 23.8 Å². The number of hydrogen-bond acceptors (Lipinski definition) is 2. The first-order valence-corrected chi connectivity index (χ1v) is 7.28. The molecule has 1 aromatic rings. The minimum Gasteiger partial charge on any atom is -0.380 e. The molecule has 1 aromatic carbocycles. The van der Waals surface area contributed by atoms with Crippen molar-refractivity contribution < 1.29 is 0 Å². The van der Waals surface area contributed by atoms with Gasteiger partial charge in [0.25, 0.3) is 0 Å². The summed E-state index contributed by atoms with van der Waals surface area (Å²) in [4.78, 5) is 2.52. The zero-order chi connectivity index (χ0) is 11.9. The van der Waals surface area contributed by atoms with E-state index in [4.69, 9.17) is 0 Å². The highest BCUT2D eigenvalue weighted by Crippen LogP contribution is 2.44. The summed E-state index contributed by atoms with van der Waals surface area (Å²) in [6.07, 6.45) is 6.79. The number of nitrogens with zero attached hydrogens (tertiary/aromatic N) is 1. The van der Waals surface area contributed by atoms with E-state index in [0.29, 0.717) is 5.54 Å². The summed E-state index contributed by atoms with van der Waals surface area (Å²) in [5.74, 6) is 0. The van der Waals surface area contributed by atoms with Gasteiger partial charge >= 0.3 is 0 Å². The van der Waals surface area contributed by atoms with Gasteiger partial charge in [0.1, 0.15) is 0 Å². The Morgan fingerprint density at radius 1 is 1.24 bits per heavy atom. The van der Waals surface area contributed by atoms with Crippen LogP contribution < -0.4 is 10.2 Å². The molecule has 2 nitrogen and oxygen atoms in total. The average molecular weight is 295 g/mol. The summed E-state index contributed by atoms with van der Waals surface area (Å²) in [5, 5.41) is 3.63. The van der Waals surface area contributed by atoms with E-state index in [2.05, 4.69) is 51.4 Å². The van der Waals surface area contributed by atoms with Crippen LogP contribution in [0.1, 0.15) is 32.1 Å². The minimum atomic E-state index is 0.353. The number of rotatable bonds is 0. The largest absolute Gasteiger partial charge is 0.380 e. The zero-order valence-corrected chi connectivity index (χ0v) is 11.9. The van der Waals surface area contributed by atoms with Crippen LogP contribution in [0.2, 0.25) is 0 Å². The maximum absolute atomic E-state index is 3.63. The van der Waals surface area contributed by atoms with Crippen LogP contribution in [0, 0.1) is 0 Å². The fraction of sp³-hybridized carbons (Fsp3) is 0.571. The number of para-hydroxylation sites is 1. The molecule has 17 heavy (non-hydrogen) atoms. The van der Waals surface area contributed by atoms with Crippen LogP contribution in [-0.4, -0.2) is 19.1 Å². The van der Waals surface area contributed by atoms with Crippen LogP contribution in [-0.2, 0) is 0 Å². The van der Waals surface area contributed by atoms with Gasteiger partial charge in [-0.05, 0) is 40.9 Å². The number of benzene rings is 1. The van der Waals surface area contributed by atoms with Crippen molar-refractivity contribution in [3.8, 4) is 0 Å². The van der Waals surface area contributed by atoms with E-state index < -0.39 is 0 Å². The molecule has 2 aliphatic rings. The molecule has 1 N–H and O–H groups in total. The molecule has 1 fully saturated rings. The second-order valence-corrected chi connectivity index (χ2v) is 6.19. The molecule has 1 spiro atoms. The Labute approximate surface area is 112 Å². The summed E-state index contributed by atoms with van der Waals surface area (Å²) >= 11 is 3.63. The van der Waals surface area contributed by atoms with Gasteiger partial charge in [-0.2, -0.15) is 0 Å². The predicted octanol–water partition coefficient (Wildman–Crippen LogP) is 4.01. The van der Waals surface area contributed by atoms with Crippen molar-refractivity contribution in [2.45, 2.75) is 37.6 Å². The third-order valence-corrected chi connectivity index (χ3v) is 5.10. The summed E-state index contributed by atoms with van der Waals surface area (Å²) in [5.41, 5.74) is 2.95. The first-order valence-electron chi connectivity index (χ1n) is 6.49. The lowest BCUT2D eigenvalue weighted by Gasteiger charge is -2.50. The molecular formula is C14H19BrN2. The van der Waals surface area contributed by atoms with E-state index in [9.17, 15) is 0 Å². The zero-order valence-electron chi connectivity index (χ0n) is 10.3. The molecule has 92 valence electrons. The molecule has 0 unspecified atom stereocenters. The van der Waals surface area contributed by atoms with Crippen LogP contribution in [0.15, 0.2) is 22.7 Å². The van der Waals surface area contributed by atoms with Crippen molar-refractivity contribution in [3.05, 3.63) is 22.7 Å². The van der Waals surface area contributed by atoms with E-state index >= 15 is 0 Å². The lowest BCUT2D eigenvalue weighted by Crippen LogP contribution is -2.55. The molecule has 0 aromatic heterocycles. The second kappa shape index (κ2) is 4.20. The fourth-order valence-corrected chi connectivity index (χ4v) is 3.81. The Balaban J connectivity index is 2.00. The highest BCUT2D eigenvalue weighted by Gasteiger charge is 2.39. The maximum Gasteiger partial charge on any atom is 0.0723 e. The number of anilines is 2. The van der Waals surface area contributed by atoms with Crippen molar-refractivity contribution in [3.63, 3.8) is 0 Å². The number of halogens is 1. The first kappa shape index (κ1) is 11.4. The molecule has 0 amide bonds. The lowest BCUT2D eigenvalue weighted by molar-refractivity contribution is 0.294. The monoisotopic (exact) mass is 294 g/mol. The lowest BCUT2D eigenvalue weighted by atomic mass is 9.79. The highest BCUT2D eigenvalue weighted by molar-refractivity contribution is 9.10. The van der Waals surface area contributed by atoms with Crippen LogP contribution in [0.4, 0.5) is 11.4 Å². The molecular weight excluding hydrogens is 276 g/mol. The Kier molecular flexibility index (Phi) is 2.81. The summed E-state index contributed by atoms with van der Waals surface area (Å²) in [6, 6.07) is 6.46. The third kappa shape index (κ3) is 1.75. The van der Waals surface area contributed by atoms with Gasteiger partial charge in [-0.15, -0.1) is 0 Å². The second-order valence-electron chi connectivity index (χ2n) is 5.33. The van der Waals surface area contributed by atoms with Crippen molar-refractivity contribution in [2.24, 2.45) is 0 Å². The van der Waals surface area contributed by atoms with E-state index in [1.165, 1.54) is 48.0 Å². The molecule has 1 aliphatic carbocycles. The molecule has 0 saturated heterocycles. The molecule has 0 radical (unpaired) electrons. The van der Waals surface area contributed by atoms with Crippen LogP contribution in [0.3, 0.4) is 0 Å². The van der Waals surface area contributed by atoms with Gasteiger partial charge in [0.05, 0.1) is 16.9 Å². The average Bonchev–Trinajstić information content (AvgIpc) is 2.36. The SMILES string of the molecule is CN1c2cccc(Br)c2NCC12CCCCC2. The smallest absolute Gasteiger partial charge is 0.0723 e. The highest BCUT2D eigenvalue weighted by atomic mass is 79.9. The Bertz CT molecular complexity index is 424. The van der Waals surface area contributed by atoms with Crippen LogP contribution in [0.5, 0.6) is 0 Å². The molecule has 0 bridgehead atoms. The minimum absolute atomic E-state index is 0.353. The number of hydrogen-bond donors (Lipinski definition) is 1. The quantitative estimate of drug-likeness (QED) is 0.778. The van der Waals surface area contributed by atoms with Gasteiger partial charge in [-0.3, -0.25) is 0 Å². The van der Waals surface area contributed by atoms with Gasteiger partial charge in [-0.1, -0.05) is 25.3 Å². The Morgan fingerprint density at radius 2 is 2.00 bits per heavy atom. The van der Waals surface area contributed by atoms with Gasteiger partial charge in [0.2, 0.25) is 0 Å². The van der Waals surface area contributed by atoms with Gasteiger partial charge in [-0.25, -0.2) is 0 Å². The van der Waals surface area contributed by atoms with Crippen molar-refractivity contribution in [1.82, 2.24) is 0 Å². The topological polar surface area (TPSA) is 15.3 Å². The fourth-order valence-electron chi connectivity index (χ4n) is 3.32. The summed E-state index contributed by atoms with van der Waals surface area (Å²) < 4.78 is 1.17. The van der Waals surface area contributed by atoms with E-state index in [1.54, 1.807) is 0 Å². The van der Waals surface area contributed by atoms with Crippen LogP contribution >= 0.6 is 15.9 Å². The van der Waals surface area contributed by atoms with E-state index in [1.807, 2.05) is 0 Å². The van der Waals surface area contributed by atoms with E-state index in [0.717, 1.165) is 6.54 Å². The number of fused-ring (bicyclic) bond motifs is 1.